The van der Waals surface area contributed by atoms with Crippen LogP contribution in [0.1, 0.15) is 43.7 Å². The molecule has 2 aliphatic heterocycles. The standard InChI is InChI=1S/C28H37N5O/c1-3-31-16-6-7-24(31)19-29-27(34)23-14-17-32(18-15-23)28-30-25-8-4-5-9-26(25)33(28)20-22-12-10-21(2)11-13-22/h4-5,8-13,23-24H,3,6-7,14-20H2,1-2H3,(H,29,34)/t24-/m1/s1. The Kier molecular flexibility index (Phi) is 6.86. The van der Waals surface area contributed by atoms with E-state index in [1.54, 1.807) is 0 Å². The van der Waals surface area contributed by atoms with Gasteiger partial charge < -0.3 is 14.8 Å². The lowest BCUT2D eigenvalue weighted by atomic mass is 9.96. The molecule has 3 aromatic rings. The van der Waals surface area contributed by atoms with Gasteiger partial charge in [-0.2, -0.15) is 0 Å². The van der Waals surface area contributed by atoms with Crippen LogP contribution in [-0.4, -0.2) is 59.1 Å². The summed E-state index contributed by atoms with van der Waals surface area (Å²) in [6.45, 7) is 9.88. The average molecular weight is 460 g/mol. The number of aryl methyl sites for hydroxylation is 1. The second-order valence-electron chi connectivity index (χ2n) is 9.90. The molecule has 1 atom stereocenters. The Balaban J connectivity index is 1.25. The van der Waals surface area contributed by atoms with Crippen LogP contribution in [0.2, 0.25) is 0 Å². The molecule has 5 rings (SSSR count). The van der Waals surface area contributed by atoms with Crippen LogP contribution in [0.3, 0.4) is 0 Å². The maximum Gasteiger partial charge on any atom is 0.223 e. The molecule has 0 bridgehead atoms. The van der Waals surface area contributed by atoms with Gasteiger partial charge in [-0.3, -0.25) is 9.69 Å². The number of hydrogen-bond donors (Lipinski definition) is 1. The number of benzene rings is 2. The first-order chi connectivity index (χ1) is 16.6. The summed E-state index contributed by atoms with van der Waals surface area (Å²) in [5.41, 5.74) is 4.74. The normalized spacial score (nSPS) is 19.7. The summed E-state index contributed by atoms with van der Waals surface area (Å²) in [5.74, 6) is 1.35. The third-order valence-electron chi connectivity index (χ3n) is 7.66. The number of hydrogen-bond acceptors (Lipinski definition) is 4. The van der Waals surface area contributed by atoms with E-state index in [1.807, 2.05) is 0 Å². The molecule has 2 aliphatic rings. The minimum absolute atomic E-state index is 0.0997. The lowest BCUT2D eigenvalue weighted by molar-refractivity contribution is -0.125. The summed E-state index contributed by atoms with van der Waals surface area (Å²) in [6.07, 6.45) is 4.20. The van der Waals surface area contributed by atoms with E-state index in [1.165, 1.54) is 30.5 Å². The summed E-state index contributed by atoms with van der Waals surface area (Å²) in [5, 5.41) is 3.26. The minimum atomic E-state index is 0.0997. The van der Waals surface area contributed by atoms with Crippen molar-refractivity contribution in [3.63, 3.8) is 0 Å². The van der Waals surface area contributed by atoms with Crippen LogP contribution in [0.5, 0.6) is 0 Å². The van der Waals surface area contributed by atoms with Gasteiger partial charge in [0, 0.05) is 31.6 Å². The summed E-state index contributed by atoms with van der Waals surface area (Å²) in [7, 11) is 0. The number of para-hydroxylation sites is 2. The van der Waals surface area contributed by atoms with Crippen molar-refractivity contribution in [2.45, 2.75) is 52.1 Å². The fraction of sp³-hybridized carbons (Fsp3) is 0.500. The largest absolute Gasteiger partial charge is 0.354 e. The first kappa shape index (κ1) is 22.9. The minimum Gasteiger partial charge on any atom is -0.354 e. The molecular weight excluding hydrogens is 422 g/mol. The number of amides is 1. The highest BCUT2D eigenvalue weighted by Crippen LogP contribution is 2.28. The van der Waals surface area contributed by atoms with E-state index >= 15 is 0 Å². The Morgan fingerprint density at radius 2 is 1.79 bits per heavy atom. The van der Waals surface area contributed by atoms with Crippen LogP contribution in [0.15, 0.2) is 48.5 Å². The Hall–Kier alpha value is -2.86. The van der Waals surface area contributed by atoms with Crippen LogP contribution in [0.25, 0.3) is 11.0 Å². The number of carbonyl (C=O) groups excluding carboxylic acids is 1. The number of likely N-dealkylation sites (tertiary alicyclic amines) is 1. The highest BCUT2D eigenvalue weighted by molar-refractivity contribution is 5.80. The van der Waals surface area contributed by atoms with Crippen molar-refractivity contribution in [1.29, 1.82) is 0 Å². The molecule has 2 aromatic carbocycles. The van der Waals surface area contributed by atoms with Crippen LogP contribution >= 0.6 is 0 Å². The molecule has 1 aromatic heterocycles. The van der Waals surface area contributed by atoms with Gasteiger partial charge in [0.1, 0.15) is 0 Å². The van der Waals surface area contributed by atoms with Crippen molar-refractivity contribution in [2.75, 3.05) is 37.6 Å². The molecule has 0 saturated carbocycles. The zero-order valence-electron chi connectivity index (χ0n) is 20.5. The number of anilines is 1. The van der Waals surface area contributed by atoms with Gasteiger partial charge in [0.05, 0.1) is 17.6 Å². The van der Waals surface area contributed by atoms with Crippen LogP contribution in [0.4, 0.5) is 5.95 Å². The van der Waals surface area contributed by atoms with E-state index in [0.29, 0.717) is 6.04 Å². The number of carbonyl (C=O) groups is 1. The molecule has 34 heavy (non-hydrogen) atoms. The maximum absolute atomic E-state index is 12.9. The van der Waals surface area contributed by atoms with Crippen molar-refractivity contribution in [1.82, 2.24) is 19.8 Å². The van der Waals surface area contributed by atoms with Gasteiger partial charge >= 0.3 is 0 Å². The number of likely N-dealkylation sites (N-methyl/N-ethyl adjacent to an activating group) is 1. The Labute approximate surface area is 203 Å². The predicted octanol–water partition coefficient (Wildman–Crippen LogP) is 4.21. The van der Waals surface area contributed by atoms with E-state index in [9.17, 15) is 4.79 Å². The number of fused-ring (bicyclic) bond motifs is 1. The van der Waals surface area contributed by atoms with Crippen LogP contribution < -0.4 is 10.2 Å². The Bertz CT molecular complexity index is 1110. The lowest BCUT2D eigenvalue weighted by Crippen LogP contribution is -2.45. The van der Waals surface area contributed by atoms with Gasteiger partial charge in [0.25, 0.3) is 0 Å². The van der Waals surface area contributed by atoms with Crippen molar-refractivity contribution in [3.05, 3.63) is 59.7 Å². The number of imidazole rings is 1. The highest BCUT2D eigenvalue weighted by atomic mass is 16.1. The molecule has 1 N–H and O–H groups in total. The third kappa shape index (κ3) is 4.83. The smallest absolute Gasteiger partial charge is 0.223 e. The number of nitrogens with one attached hydrogen (secondary N) is 1. The molecule has 0 aliphatic carbocycles. The Morgan fingerprint density at radius 3 is 2.56 bits per heavy atom. The summed E-state index contributed by atoms with van der Waals surface area (Å²) >= 11 is 0. The molecule has 6 heteroatoms. The fourth-order valence-corrected chi connectivity index (χ4v) is 5.58. The first-order valence-electron chi connectivity index (χ1n) is 12.9. The zero-order chi connectivity index (χ0) is 23.5. The number of piperidine rings is 1. The Morgan fingerprint density at radius 1 is 1.03 bits per heavy atom. The van der Waals surface area contributed by atoms with Crippen molar-refractivity contribution >= 4 is 22.9 Å². The molecular formula is C28H37N5O. The average Bonchev–Trinajstić information content (AvgIpc) is 3.48. The molecule has 0 unspecified atom stereocenters. The van der Waals surface area contributed by atoms with E-state index in [4.69, 9.17) is 4.98 Å². The van der Waals surface area contributed by atoms with Crippen LogP contribution in [-0.2, 0) is 11.3 Å². The van der Waals surface area contributed by atoms with Gasteiger partial charge in [-0.05, 0) is 63.4 Å². The summed E-state index contributed by atoms with van der Waals surface area (Å²) in [6, 6.07) is 17.6. The van der Waals surface area contributed by atoms with Gasteiger partial charge in [-0.15, -0.1) is 0 Å². The highest BCUT2D eigenvalue weighted by Gasteiger charge is 2.29. The van der Waals surface area contributed by atoms with E-state index in [2.05, 4.69) is 82.1 Å². The van der Waals surface area contributed by atoms with E-state index in [0.717, 1.165) is 62.5 Å². The summed E-state index contributed by atoms with van der Waals surface area (Å²) < 4.78 is 2.33. The fourth-order valence-electron chi connectivity index (χ4n) is 5.58. The first-order valence-corrected chi connectivity index (χ1v) is 12.9. The lowest BCUT2D eigenvalue weighted by Gasteiger charge is -2.33. The zero-order valence-corrected chi connectivity index (χ0v) is 20.5. The number of nitrogens with zero attached hydrogens (tertiary/aromatic N) is 4. The SMILES string of the molecule is CCN1CCC[C@@H]1CNC(=O)C1CCN(c2nc3ccccc3n2Cc2ccc(C)cc2)CC1. The van der Waals surface area contributed by atoms with Gasteiger partial charge in [0.2, 0.25) is 11.9 Å². The predicted molar refractivity (Wildman–Crippen MR) is 138 cm³/mol. The van der Waals surface area contributed by atoms with Crippen molar-refractivity contribution in [2.24, 2.45) is 5.92 Å². The molecule has 1 amide bonds. The van der Waals surface area contributed by atoms with Gasteiger partial charge in [0.15, 0.2) is 0 Å². The third-order valence-corrected chi connectivity index (χ3v) is 7.66. The number of aromatic nitrogens is 2. The molecule has 0 radical (unpaired) electrons. The second-order valence-corrected chi connectivity index (χ2v) is 9.90. The van der Waals surface area contributed by atoms with Crippen LogP contribution in [0, 0.1) is 12.8 Å². The van der Waals surface area contributed by atoms with E-state index < -0.39 is 0 Å². The van der Waals surface area contributed by atoms with Crippen molar-refractivity contribution < 1.29 is 4.79 Å². The quantitative estimate of drug-likeness (QED) is 0.575. The summed E-state index contributed by atoms with van der Waals surface area (Å²) in [4.78, 5) is 22.8. The number of rotatable bonds is 7. The molecule has 0 spiro atoms. The molecule has 2 saturated heterocycles. The molecule has 6 nitrogen and oxygen atoms in total. The molecule has 180 valence electrons. The maximum atomic E-state index is 12.9. The van der Waals surface area contributed by atoms with Gasteiger partial charge in [-0.25, -0.2) is 4.98 Å². The molecule has 2 fully saturated rings. The topological polar surface area (TPSA) is 53.4 Å². The second kappa shape index (κ2) is 10.2. The monoisotopic (exact) mass is 459 g/mol. The van der Waals surface area contributed by atoms with E-state index in [-0.39, 0.29) is 11.8 Å². The van der Waals surface area contributed by atoms with Gasteiger partial charge in [-0.1, -0.05) is 48.9 Å². The van der Waals surface area contributed by atoms with Crippen molar-refractivity contribution in [3.8, 4) is 0 Å². The molecule has 3 heterocycles.